The highest BCUT2D eigenvalue weighted by molar-refractivity contribution is 5.75. The van der Waals surface area contributed by atoms with Crippen molar-refractivity contribution in [1.82, 2.24) is 0 Å². The Bertz CT molecular complexity index is 294. The normalized spacial score (nSPS) is 15.5. The lowest BCUT2D eigenvalue weighted by Crippen LogP contribution is -2.02. The van der Waals surface area contributed by atoms with Crippen LogP contribution in [0.3, 0.4) is 0 Å². The van der Waals surface area contributed by atoms with Gasteiger partial charge in [-0.1, -0.05) is 98.8 Å². The van der Waals surface area contributed by atoms with Crippen molar-refractivity contribution in [2.45, 2.75) is 119 Å². The van der Waals surface area contributed by atoms with E-state index in [1.807, 2.05) is 0 Å². The molecule has 3 unspecified atom stereocenters. The van der Waals surface area contributed by atoms with Crippen LogP contribution < -0.4 is 0 Å². The SMILES string of the molecule is CC(=O)CCCC(C)CCCC(C)CCCC(C)CCCC(C)C. The Morgan fingerprint density at radius 1 is 0.583 bits per heavy atom. The summed E-state index contributed by atoms with van der Waals surface area (Å²) in [5.74, 6) is 3.79. The smallest absolute Gasteiger partial charge is 0.129 e. The van der Waals surface area contributed by atoms with E-state index in [1.54, 1.807) is 6.92 Å². The minimum absolute atomic E-state index is 0.342. The Kier molecular flexibility index (Phi) is 14.8. The average molecular weight is 339 g/mol. The van der Waals surface area contributed by atoms with E-state index in [2.05, 4.69) is 34.6 Å². The lowest BCUT2D eigenvalue weighted by atomic mass is 9.90. The van der Waals surface area contributed by atoms with E-state index in [9.17, 15) is 4.79 Å². The van der Waals surface area contributed by atoms with E-state index in [-0.39, 0.29) is 0 Å². The molecule has 0 aromatic rings. The van der Waals surface area contributed by atoms with Crippen LogP contribution in [0.2, 0.25) is 0 Å². The van der Waals surface area contributed by atoms with Gasteiger partial charge < -0.3 is 4.79 Å². The van der Waals surface area contributed by atoms with Crippen molar-refractivity contribution in [3.8, 4) is 0 Å². The van der Waals surface area contributed by atoms with Crippen LogP contribution in [-0.2, 0) is 4.79 Å². The molecule has 0 N–H and O–H groups in total. The number of ketones is 1. The minimum atomic E-state index is 0.342. The fourth-order valence-corrected chi connectivity index (χ4v) is 3.64. The first-order chi connectivity index (χ1) is 11.3. The standard InChI is InChI=1S/C23H46O/c1-19(2)11-7-12-20(3)13-8-14-21(4)15-9-16-22(5)17-10-18-23(6)24/h19-22H,7-18H2,1-6H3. The molecule has 0 rings (SSSR count). The van der Waals surface area contributed by atoms with Crippen molar-refractivity contribution in [1.29, 1.82) is 0 Å². The van der Waals surface area contributed by atoms with Gasteiger partial charge >= 0.3 is 0 Å². The molecule has 0 radical (unpaired) electrons. The highest BCUT2D eigenvalue weighted by Gasteiger charge is 2.08. The van der Waals surface area contributed by atoms with Crippen LogP contribution in [0.5, 0.6) is 0 Å². The van der Waals surface area contributed by atoms with Crippen molar-refractivity contribution in [2.24, 2.45) is 23.7 Å². The Morgan fingerprint density at radius 2 is 0.917 bits per heavy atom. The molecule has 0 fully saturated rings. The molecule has 24 heavy (non-hydrogen) atoms. The average Bonchev–Trinajstić information content (AvgIpc) is 2.46. The molecule has 1 heteroatoms. The first kappa shape index (κ1) is 23.7. The van der Waals surface area contributed by atoms with Gasteiger partial charge in [0.05, 0.1) is 0 Å². The summed E-state index contributed by atoms with van der Waals surface area (Å²) in [6.45, 7) is 13.6. The number of carbonyl (C=O) groups is 1. The van der Waals surface area contributed by atoms with Crippen molar-refractivity contribution >= 4 is 5.78 Å². The second-order valence-electron chi connectivity index (χ2n) is 9.10. The zero-order valence-electron chi connectivity index (χ0n) is 17.7. The van der Waals surface area contributed by atoms with Gasteiger partial charge in [-0.15, -0.1) is 0 Å². The van der Waals surface area contributed by atoms with Crippen molar-refractivity contribution in [2.75, 3.05) is 0 Å². The predicted octanol–water partition coefficient (Wildman–Crippen LogP) is 7.82. The molecule has 3 atom stereocenters. The molecular weight excluding hydrogens is 292 g/mol. The van der Waals surface area contributed by atoms with E-state index in [4.69, 9.17) is 0 Å². The lowest BCUT2D eigenvalue weighted by Gasteiger charge is -2.16. The van der Waals surface area contributed by atoms with E-state index in [0.717, 1.165) is 36.5 Å². The summed E-state index contributed by atoms with van der Waals surface area (Å²) in [6, 6.07) is 0. The van der Waals surface area contributed by atoms with Gasteiger partial charge in [0, 0.05) is 6.42 Å². The molecule has 144 valence electrons. The molecule has 0 aromatic heterocycles. The van der Waals surface area contributed by atoms with Crippen LogP contribution in [0.1, 0.15) is 119 Å². The fraction of sp³-hybridized carbons (Fsp3) is 0.957. The topological polar surface area (TPSA) is 17.1 Å². The molecule has 0 spiro atoms. The molecule has 0 aromatic carbocycles. The highest BCUT2D eigenvalue weighted by Crippen LogP contribution is 2.23. The number of hydrogen-bond acceptors (Lipinski definition) is 1. The number of rotatable bonds is 16. The van der Waals surface area contributed by atoms with E-state index in [1.165, 1.54) is 64.2 Å². The summed E-state index contributed by atoms with van der Waals surface area (Å²) in [6.07, 6.45) is 15.7. The van der Waals surface area contributed by atoms with Crippen LogP contribution in [0.15, 0.2) is 0 Å². The molecule has 0 aliphatic rings. The zero-order valence-corrected chi connectivity index (χ0v) is 17.7. The Hall–Kier alpha value is -0.330. The van der Waals surface area contributed by atoms with E-state index in [0.29, 0.717) is 5.78 Å². The zero-order chi connectivity index (χ0) is 18.4. The second kappa shape index (κ2) is 15.0. The van der Waals surface area contributed by atoms with Crippen molar-refractivity contribution < 1.29 is 4.79 Å². The van der Waals surface area contributed by atoms with Crippen molar-refractivity contribution in [3.05, 3.63) is 0 Å². The van der Waals surface area contributed by atoms with Crippen molar-refractivity contribution in [3.63, 3.8) is 0 Å². The van der Waals surface area contributed by atoms with Crippen LogP contribution in [0.25, 0.3) is 0 Å². The monoisotopic (exact) mass is 338 g/mol. The summed E-state index contributed by atoms with van der Waals surface area (Å²) < 4.78 is 0. The Balaban J connectivity index is 3.51. The third kappa shape index (κ3) is 16.5. The number of carbonyl (C=O) groups excluding carboxylic acids is 1. The maximum absolute atomic E-state index is 11.0. The summed E-state index contributed by atoms with van der Waals surface area (Å²) in [4.78, 5) is 11.0. The van der Waals surface area contributed by atoms with E-state index >= 15 is 0 Å². The second-order valence-corrected chi connectivity index (χ2v) is 9.10. The summed E-state index contributed by atoms with van der Waals surface area (Å²) in [5, 5.41) is 0. The molecule has 1 nitrogen and oxygen atoms in total. The predicted molar refractivity (Wildman–Crippen MR) is 108 cm³/mol. The number of Topliss-reactive ketones (excluding diaryl/α,β-unsaturated/α-hetero) is 1. The maximum Gasteiger partial charge on any atom is 0.129 e. The summed E-state index contributed by atoms with van der Waals surface area (Å²) in [7, 11) is 0. The molecule has 0 heterocycles. The molecule has 0 aliphatic carbocycles. The molecule has 0 aliphatic heterocycles. The molecule has 0 bridgehead atoms. The van der Waals surface area contributed by atoms with Gasteiger partial charge in [0.15, 0.2) is 0 Å². The van der Waals surface area contributed by atoms with Crippen LogP contribution in [-0.4, -0.2) is 5.78 Å². The van der Waals surface area contributed by atoms with E-state index < -0.39 is 0 Å². The molecular formula is C23H46O. The largest absolute Gasteiger partial charge is 0.300 e. The number of hydrogen-bond donors (Lipinski definition) is 0. The van der Waals surface area contributed by atoms with Gasteiger partial charge in [-0.05, 0) is 37.0 Å². The Morgan fingerprint density at radius 3 is 1.25 bits per heavy atom. The third-order valence-corrected chi connectivity index (χ3v) is 5.49. The summed E-state index contributed by atoms with van der Waals surface area (Å²) in [5.41, 5.74) is 0. The molecule has 0 saturated carbocycles. The first-order valence-electron chi connectivity index (χ1n) is 10.8. The van der Waals surface area contributed by atoms with Crippen LogP contribution >= 0.6 is 0 Å². The first-order valence-corrected chi connectivity index (χ1v) is 10.8. The fourth-order valence-electron chi connectivity index (χ4n) is 3.64. The Labute approximate surface area is 153 Å². The van der Waals surface area contributed by atoms with Crippen LogP contribution in [0, 0.1) is 23.7 Å². The van der Waals surface area contributed by atoms with Gasteiger partial charge in [0.1, 0.15) is 5.78 Å². The van der Waals surface area contributed by atoms with Gasteiger partial charge in [-0.25, -0.2) is 0 Å². The molecule has 0 amide bonds. The quantitative estimate of drug-likeness (QED) is 0.280. The minimum Gasteiger partial charge on any atom is -0.300 e. The van der Waals surface area contributed by atoms with Gasteiger partial charge in [-0.3, -0.25) is 0 Å². The lowest BCUT2D eigenvalue weighted by molar-refractivity contribution is -0.117. The third-order valence-electron chi connectivity index (χ3n) is 5.49. The van der Waals surface area contributed by atoms with Gasteiger partial charge in [0.2, 0.25) is 0 Å². The van der Waals surface area contributed by atoms with Gasteiger partial charge in [-0.2, -0.15) is 0 Å². The highest BCUT2D eigenvalue weighted by atomic mass is 16.1. The summed E-state index contributed by atoms with van der Waals surface area (Å²) >= 11 is 0. The molecule has 0 saturated heterocycles. The van der Waals surface area contributed by atoms with Gasteiger partial charge in [0.25, 0.3) is 0 Å². The van der Waals surface area contributed by atoms with Crippen LogP contribution in [0.4, 0.5) is 0 Å². The maximum atomic E-state index is 11.0.